The summed E-state index contributed by atoms with van der Waals surface area (Å²) in [4.78, 5) is 18.4. The lowest BCUT2D eigenvalue weighted by molar-refractivity contribution is 0.0763. The van der Waals surface area contributed by atoms with Gasteiger partial charge >= 0.3 is 0 Å². The average Bonchev–Trinajstić information content (AvgIpc) is 2.65. The van der Waals surface area contributed by atoms with Gasteiger partial charge in [0.25, 0.3) is 5.91 Å². The average molecular weight is 299 g/mol. The minimum atomic E-state index is 0.0766. The molecule has 1 amide bonds. The zero-order chi connectivity index (χ0) is 13.7. The van der Waals surface area contributed by atoms with Crippen LogP contribution in [0.1, 0.15) is 36.5 Å². The molecule has 1 aliphatic heterocycles. The van der Waals surface area contributed by atoms with Crippen molar-refractivity contribution in [1.29, 1.82) is 0 Å². The summed E-state index contributed by atoms with van der Waals surface area (Å²) in [5.41, 5.74) is 0.631. The third-order valence-corrected chi connectivity index (χ3v) is 4.71. The van der Waals surface area contributed by atoms with E-state index >= 15 is 0 Å². The molecular formula is C14H19ClN2OS. The van der Waals surface area contributed by atoms with Gasteiger partial charge in [0.1, 0.15) is 5.15 Å². The van der Waals surface area contributed by atoms with Gasteiger partial charge in [-0.15, -0.1) is 0 Å². The molecule has 0 spiro atoms. The molecule has 1 aromatic heterocycles. The Hall–Kier alpha value is -0.740. The van der Waals surface area contributed by atoms with Gasteiger partial charge in [-0.05, 0) is 30.7 Å². The highest BCUT2D eigenvalue weighted by molar-refractivity contribution is 7.99. The first-order valence-corrected chi connectivity index (χ1v) is 8.16. The molecule has 1 aliphatic rings. The second-order valence-corrected chi connectivity index (χ2v) is 6.66. The maximum Gasteiger partial charge on any atom is 0.255 e. The topological polar surface area (TPSA) is 33.2 Å². The first-order chi connectivity index (χ1) is 9.20. The largest absolute Gasteiger partial charge is 0.337 e. The third-order valence-electron chi connectivity index (χ3n) is 3.29. The van der Waals surface area contributed by atoms with Gasteiger partial charge in [0.15, 0.2) is 0 Å². The van der Waals surface area contributed by atoms with E-state index in [-0.39, 0.29) is 5.91 Å². The summed E-state index contributed by atoms with van der Waals surface area (Å²) >= 11 is 7.71. The normalized spacial score (nSPS) is 20.1. The molecule has 2 rings (SSSR count). The van der Waals surface area contributed by atoms with Crippen LogP contribution in [-0.4, -0.2) is 39.9 Å². The van der Waals surface area contributed by atoms with Gasteiger partial charge in [-0.1, -0.05) is 24.9 Å². The van der Waals surface area contributed by atoms with Crippen molar-refractivity contribution >= 4 is 29.3 Å². The second-order valence-electron chi connectivity index (χ2n) is 4.69. The summed E-state index contributed by atoms with van der Waals surface area (Å²) in [6.45, 7) is 3.87. The molecule has 0 saturated carbocycles. The van der Waals surface area contributed by atoms with Gasteiger partial charge in [0.05, 0.1) is 5.56 Å². The highest BCUT2D eigenvalue weighted by atomic mass is 35.5. The van der Waals surface area contributed by atoms with Gasteiger partial charge in [0, 0.05) is 24.5 Å². The van der Waals surface area contributed by atoms with Crippen LogP contribution >= 0.6 is 23.4 Å². The van der Waals surface area contributed by atoms with E-state index in [0.29, 0.717) is 16.0 Å². The number of halogens is 1. The van der Waals surface area contributed by atoms with Crippen LogP contribution < -0.4 is 0 Å². The molecular weight excluding hydrogens is 280 g/mol. The SMILES string of the molecule is CCS[C@@H]1CCCCN(C(=O)c2ccc(Cl)nc2)C1. The van der Waals surface area contributed by atoms with Crippen molar-refractivity contribution in [2.75, 3.05) is 18.8 Å². The molecule has 19 heavy (non-hydrogen) atoms. The second kappa shape index (κ2) is 7.15. The summed E-state index contributed by atoms with van der Waals surface area (Å²) in [7, 11) is 0. The van der Waals surface area contributed by atoms with E-state index in [4.69, 9.17) is 11.6 Å². The molecule has 5 heteroatoms. The predicted octanol–water partition coefficient (Wildman–Crippen LogP) is 3.48. The summed E-state index contributed by atoms with van der Waals surface area (Å²) in [6, 6.07) is 3.43. The van der Waals surface area contributed by atoms with Crippen molar-refractivity contribution in [1.82, 2.24) is 9.88 Å². The van der Waals surface area contributed by atoms with E-state index in [1.165, 1.54) is 12.8 Å². The number of hydrogen-bond donors (Lipinski definition) is 0. The quantitative estimate of drug-likeness (QED) is 0.801. The molecule has 0 bridgehead atoms. The lowest BCUT2D eigenvalue weighted by Gasteiger charge is -2.24. The van der Waals surface area contributed by atoms with E-state index in [1.807, 2.05) is 16.7 Å². The fourth-order valence-electron chi connectivity index (χ4n) is 2.34. The predicted molar refractivity (Wildman–Crippen MR) is 80.9 cm³/mol. The van der Waals surface area contributed by atoms with E-state index in [0.717, 1.165) is 25.3 Å². The standard InChI is InChI=1S/C14H19ClN2OS/c1-2-19-12-5-3-4-8-17(10-12)14(18)11-6-7-13(15)16-9-11/h6-7,9,12H,2-5,8,10H2,1H3/t12-/m1/s1. The number of hydrogen-bond acceptors (Lipinski definition) is 3. The van der Waals surface area contributed by atoms with Crippen LogP contribution in [0.25, 0.3) is 0 Å². The molecule has 0 aliphatic carbocycles. The van der Waals surface area contributed by atoms with E-state index in [1.54, 1.807) is 18.3 Å². The molecule has 0 aromatic carbocycles. The zero-order valence-electron chi connectivity index (χ0n) is 11.1. The first kappa shape index (κ1) is 14.7. The Labute approximate surface area is 123 Å². The highest BCUT2D eigenvalue weighted by Crippen LogP contribution is 2.23. The van der Waals surface area contributed by atoms with Gasteiger partial charge in [-0.2, -0.15) is 11.8 Å². The molecule has 1 aromatic rings. The van der Waals surface area contributed by atoms with Gasteiger partial charge in [0.2, 0.25) is 0 Å². The summed E-state index contributed by atoms with van der Waals surface area (Å²) in [5, 5.41) is 0.989. The number of carbonyl (C=O) groups is 1. The lowest BCUT2D eigenvalue weighted by Crippen LogP contribution is -2.35. The Balaban J connectivity index is 2.06. The number of pyridine rings is 1. The molecule has 0 unspecified atom stereocenters. The Bertz CT molecular complexity index is 424. The third kappa shape index (κ3) is 4.11. The van der Waals surface area contributed by atoms with Crippen molar-refractivity contribution in [3.05, 3.63) is 29.0 Å². The maximum absolute atomic E-state index is 12.4. The fourth-order valence-corrected chi connectivity index (χ4v) is 3.55. The molecule has 1 saturated heterocycles. The Morgan fingerprint density at radius 1 is 1.53 bits per heavy atom. The van der Waals surface area contributed by atoms with Crippen LogP contribution in [-0.2, 0) is 0 Å². The molecule has 1 atom stereocenters. The van der Waals surface area contributed by atoms with Crippen molar-refractivity contribution in [3.63, 3.8) is 0 Å². The minimum Gasteiger partial charge on any atom is -0.337 e. The van der Waals surface area contributed by atoms with Crippen LogP contribution in [0.2, 0.25) is 5.15 Å². The Kier molecular flexibility index (Phi) is 5.52. The van der Waals surface area contributed by atoms with Crippen molar-refractivity contribution in [2.45, 2.75) is 31.4 Å². The van der Waals surface area contributed by atoms with Gasteiger partial charge in [-0.25, -0.2) is 4.98 Å². The van der Waals surface area contributed by atoms with Crippen molar-refractivity contribution in [3.8, 4) is 0 Å². The van der Waals surface area contributed by atoms with Crippen molar-refractivity contribution < 1.29 is 4.79 Å². The molecule has 3 nitrogen and oxygen atoms in total. The van der Waals surface area contributed by atoms with Crippen LogP contribution in [0.4, 0.5) is 0 Å². The van der Waals surface area contributed by atoms with Crippen molar-refractivity contribution in [2.24, 2.45) is 0 Å². The first-order valence-electron chi connectivity index (χ1n) is 6.73. The minimum absolute atomic E-state index is 0.0766. The van der Waals surface area contributed by atoms with Crippen LogP contribution in [0.15, 0.2) is 18.3 Å². The molecule has 2 heterocycles. The summed E-state index contributed by atoms with van der Waals surface area (Å²) in [6.07, 6.45) is 5.08. The van der Waals surface area contributed by atoms with Crippen LogP contribution in [0.3, 0.4) is 0 Å². The zero-order valence-corrected chi connectivity index (χ0v) is 12.7. The van der Waals surface area contributed by atoms with Crippen LogP contribution in [0.5, 0.6) is 0 Å². The summed E-state index contributed by atoms with van der Waals surface area (Å²) < 4.78 is 0. The van der Waals surface area contributed by atoms with Gasteiger partial charge in [-0.3, -0.25) is 4.79 Å². The van der Waals surface area contributed by atoms with E-state index in [2.05, 4.69) is 11.9 Å². The van der Waals surface area contributed by atoms with Gasteiger partial charge < -0.3 is 4.90 Å². The number of carbonyl (C=O) groups excluding carboxylic acids is 1. The number of likely N-dealkylation sites (tertiary alicyclic amines) is 1. The highest BCUT2D eigenvalue weighted by Gasteiger charge is 2.22. The Morgan fingerprint density at radius 3 is 3.05 bits per heavy atom. The lowest BCUT2D eigenvalue weighted by atomic mass is 10.2. The molecule has 104 valence electrons. The molecule has 0 radical (unpaired) electrons. The number of nitrogens with zero attached hydrogens (tertiary/aromatic N) is 2. The fraction of sp³-hybridized carbons (Fsp3) is 0.571. The molecule has 1 fully saturated rings. The maximum atomic E-state index is 12.4. The monoisotopic (exact) mass is 298 g/mol. The van der Waals surface area contributed by atoms with Crippen LogP contribution in [0, 0.1) is 0 Å². The Morgan fingerprint density at radius 2 is 2.37 bits per heavy atom. The number of amides is 1. The van der Waals surface area contributed by atoms with E-state index < -0.39 is 0 Å². The summed E-state index contributed by atoms with van der Waals surface area (Å²) in [5.74, 6) is 1.18. The van der Waals surface area contributed by atoms with E-state index in [9.17, 15) is 4.79 Å². The molecule has 0 N–H and O–H groups in total. The number of thioether (sulfide) groups is 1. The number of aromatic nitrogens is 1. The number of rotatable bonds is 3. The smallest absolute Gasteiger partial charge is 0.255 e.